The lowest BCUT2D eigenvalue weighted by atomic mass is 10.2. The van der Waals surface area contributed by atoms with Gasteiger partial charge in [-0.2, -0.15) is 0 Å². The third kappa shape index (κ3) is 4.45. The van der Waals surface area contributed by atoms with E-state index >= 15 is 0 Å². The minimum Gasteiger partial charge on any atom is -0.475 e. The number of nitrogens with zero attached hydrogens (tertiary/aromatic N) is 2. The molecule has 2 aromatic rings. The van der Waals surface area contributed by atoms with Crippen molar-refractivity contribution in [3.8, 4) is 11.8 Å². The normalized spacial score (nSPS) is 10.7. The second kappa shape index (κ2) is 7.62. The van der Waals surface area contributed by atoms with E-state index in [-0.39, 0.29) is 6.61 Å². The summed E-state index contributed by atoms with van der Waals surface area (Å²) in [4.78, 5) is 15.4. The molecule has 0 aliphatic rings. The molecule has 0 aromatic carbocycles. The number of pyridine rings is 1. The lowest BCUT2D eigenvalue weighted by molar-refractivity contribution is 0.0600. The van der Waals surface area contributed by atoms with Gasteiger partial charge in [-0.15, -0.1) is 0 Å². The quantitative estimate of drug-likeness (QED) is 0.725. The van der Waals surface area contributed by atoms with Crippen molar-refractivity contribution in [1.29, 1.82) is 0 Å². The van der Waals surface area contributed by atoms with Gasteiger partial charge in [0.25, 0.3) is 5.88 Å². The molecule has 0 saturated carbocycles. The predicted octanol–water partition coefficient (Wildman–Crippen LogP) is 2.78. The first kappa shape index (κ1) is 16.8. The Labute approximate surface area is 134 Å². The van der Waals surface area contributed by atoms with Gasteiger partial charge in [0.15, 0.2) is 0 Å². The molecule has 0 aliphatic heterocycles. The molecular formula is C16H20N2O5. The number of hydrogen-bond donors (Lipinski definition) is 0. The fourth-order valence-corrected chi connectivity index (χ4v) is 1.74. The van der Waals surface area contributed by atoms with Crippen molar-refractivity contribution in [1.82, 2.24) is 10.1 Å². The summed E-state index contributed by atoms with van der Waals surface area (Å²) in [6.45, 7) is 6.66. The molecule has 2 heterocycles. The molecule has 2 aromatic heterocycles. The van der Waals surface area contributed by atoms with E-state index in [1.165, 1.54) is 13.3 Å². The Hall–Kier alpha value is -2.57. The largest absolute Gasteiger partial charge is 0.475 e. The molecule has 7 nitrogen and oxygen atoms in total. The van der Waals surface area contributed by atoms with E-state index in [9.17, 15) is 4.79 Å². The van der Waals surface area contributed by atoms with Gasteiger partial charge in [0.1, 0.15) is 12.4 Å². The van der Waals surface area contributed by atoms with Gasteiger partial charge in [0, 0.05) is 12.3 Å². The maximum absolute atomic E-state index is 11.3. The molecule has 0 saturated heterocycles. The minimum atomic E-state index is -0.441. The van der Waals surface area contributed by atoms with Crippen LogP contribution in [0.5, 0.6) is 11.8 Å². The zero-order valence-corrected chi connectivity index (χ0v) is 13.7. The van der Waals surface area contributed by atoms with E-state index in [0.29, 0.717) is 35.6 Å². The first-order valence-electron chi connectivity index (χ1n) is 7.26. The Balaban J connectivity index is 2.00. The van der Waals surface area contributed by atoms with Crippen LogP contribution in [-0.4, -0.2) is 29.8 Å². The highest BCUT2D eigenvalue weighted by Gasteiger charge is 2.16. The number of methoxy groups -OCH3 is 1. The Bertz CT molecular complexity index is 649. The summed E-state index contributed by atoms with van der Waals surface area (Å²) in [5.41, 5.74) is 1.10. The van der Waals surface area contributed by atoms with Crippen LogP contribution in [-0.2, 0) is 11.3 Å². The van der Waals surface area contributed by atoms with Gasteiger partial charge >= 0.3 is 5.97 Å². The van der Waals surface area contributed by atoms with Crippen LogP contribution in [0.1, 0.15) is 35.5 Å². The number of carbonyl (C=O) groups is 1. The van der Waals surface area contributed by atoms with Crippen LogP contribution in [0, 0.1) is 12.8 Å². The van der Waals surface area contributed by atoms with Gasteiger partial charge in [-0.1, -0.05) is 13.8 Å². The number of aryl methyl sites for hydroxylation is 1. The molecular weight excluding hydrogens is 300 g/mol. The van der Waals surface area contributed by atoms with Crippen molar-refractivity contribution in [2.24, 2.45) is 5.92 Å². The van der Waals surface area contributed by atoms with Crippen molar-refractivity contribution >= 4 is 5.97 Å². The third-order valence-corrected chi connectivity index (χ3v) is 3.02. The molecule has 0 aliphatic carbocycles. The van der Waals surface area contributed by atoms with E-state index in [1.807, 2.05) is 0 Å². The molecule has 23 heavy (non-hydrogen) atoms. The summed E-state index contributed by atoms with van der Waals surface area (Å²) >= 11 is 0. The van der Waals surface area contributed by atoms with Gasteiger partial charge in [0.05, 0.1) is 24.8 Å². The standard InChI is InChI=1S/C16H20N2O5/c1-10(2)8-22-15-13(11(3)23-18-15)9-21-14-6-5-12(7-17-14)16(19)20-4/h5-7,10H,8-9H2,1-4H3. The van der Waals surface area contributed by atoms with E-state index in [0.717, 1.165) is 5.56 Å². The first-order chi connectivity index (χ1) is 11.0. The number of ether oxygens (including phenoxy) is 3. The number of carbonyl (C=O) groups excluding carboxylic acids is 1. The van der Waals surface area contributed by atoms with E-state index < -0.39 is 5.97 Å². The average molecular weight is 320 g/mol. The topological polar surface area (TPSA) is 83.7 Å². The van der Waals surface area contributed by atoms with Crippen LogP contribution in [0.4, 0.5) is 0 Å². The van der Waals surface area contributed by atoms with Gasteiger partial charge in [-0.05, 0) is 24.1 Å². The summed E-state index contributed by atoms with van der Waals surface area (Å²) in [6, 6.07) is 3.19. The van der Waals surface area contributed by atoms with E-state index in [1.54, 1.807) is 19.1 Å². The highest BCUT2D eigenvalue weighted by Crippen LogP contribution is 2.23. The second-order valence-corrected chi connectivity index (χ2v) is 5.39. The van der Waals surface area contributed by atoms with Crippen LogP contribution in [0.25, 0.3) is 0 Å². The Kier molecular flexibility index (Phi) is 5.56. The zero-order chi connectivity index (χ0) is 16.8. The predicted molar refractivity (Wildman–Crippen MR) is 81.5 cm³/mol. The lowest BCUT2D eigenvalue weighted by Crippen LogP contribution is -2.07. The maximum Gasteiger partial charge on any atom is 0.339 e. The lowest BCUT2D eigenvalue weighted by Gasteiger charge is -2.08. The fourth-order valence-electron chi connectivity index (χ4n) is 1.74. The van der Waals surface area contributed by atoms with E-state index in [2.05, 4.69) is 28.7 Å². The average Bonchev–Trinajstić information content (AvgIpc) is 2.90. The molecule has 0 N–H and O–H groups in total. The summed E-state index contributed by atoms with van der Waals surface area (Å²) in [7, 11) is 1.32. The molecule has 2 rings (SSSR count). The second-order valence-electron chi connectivity index (χ2n) is 5.39. The van der Waals surface area contributed by atoms with Crippen molar-refractivity contribution in [3.05, 3.63) is 35.2 Å². The summed E-state index contributed by atoms with van der Waals surface area (Å²) in [6.07, 6.45) is 1.40. The van der Waals surface area contributed by atoms with Crippen molar-refractivity contribution < 1.29 is 23.5 Å². The Morgan fingerprint density at radius 3 is 2.70 bits per heavy atom. The monoisotopic (exact) mass is 320 g/mol. The molecule has 0 radical (unpaired) electrons. The van der Waals surface area contributed by atoms with Crippen LogP contribution in [0.15, 0.2) is 22.9 Å². The molecule has 0 unspecified atom stereocenters. The van der Waals surface area contributed by atoms with Gasteiger partial charge in [-0.3, -0.25) is 0 Å². The maximum atomic E-state index is 11.3. The van der Waals surface area contributed by atoms with Crippen LogP contribution in [0.3, 0.4) is 0 Å². The summed E-state index contributed by atoms with van der Waals surface area (Å²) in [5, 5.41) is 3.89. The molecule has 7 heteroatoms. The molecule has 0 spiro atoms. The van der Waals surface area contributed by atoms with Crippen LogP contribution in [0.2, 0.25) is 0 Å². The Morgan fingerprint density at radius 2 is 2.09 bits per heavy atom. The number of rotatable bonds is 7. The summed E-state index contributed by atoms with van der Waals surface area (Å²) in [5.74, 6) is 1.39. The Morgan fingerprint density at radius 1 is 1.30 bits per heavy atom. The molecule has 0 fully saturated rings. The molecule has 0 amide bonds. The number of esters is 1. The highest BCUT2D eigenvalue weighted by molar-refractivity contribution is 5.88. The molecule has 124 valence electrons. The first-order valence-corrected chi connectivity index (χ1v) is 7.26. The molecule has 0 bridgehead atoms. The van der Waals surface area contributed by atoms with Crippen molar-refractivity contribution in [2.45, 2.75) is 27.4 Å². The minimum absolute atomic E-state index is 0.216. The van der Waals surface area contributed by atoms with Gasteiger partial charge in [0.2, 0.25) is 5.88 Å². The molecule has 0 atom stereocenters. The SMILES string of the molecule is COC(=O)c1ccc(OCc2c(OCC(C)C)noc2C)nc1. The fraction of sp³-hybridized carbons (Fsp3) is 0.438. The number of aromatic nitrogens is 2. The zero-order valence-electron chi connectivity index (χ0n) is 13.7. The highest BCUT2D eigenvalue weighted by atomic mass is 16.5. The third-order valence-electron chi connectivity index (χ3n) is 3.02. The van der Waals surface area contributed by atoms with Crippen LogP contribution >= 0.6 is 0 Å². The van der Waals surface area contributed by atoms with Gasteiger partial charge < -0.3 is 18.7 Å². The van der Waals surface area contributed by atoms with Gasteiger partial charge in [-0.25, -0.2) is 9.78 Å². The smallest absolute Gasteiger partial charge is 0.339 e. The number of hydrogen-bond acceptors (Lipinski definition) is 7. The summed E-state index contributed by atoms with van der Waals surface area (Å²) < 4.78 is 21.0. The van der Waals surface area contributed by atoms with Crippen molar-refractivity contribution in [2.75, 3.05) is 13.7 Å². The van der Waals surface area contributed by atoms with Crippen LogP contribution < -0.4 is 9.47 Å². The van der Waals surface area contributed by atoms with Crippen molar-refractivity contribution in [3.63, 3.8) is 0 Å². The van der Waals surface area contributed by atoms with E-state index in [4.69, 9.17) is 14.0 Å².